The van der Waals surface area contributed by atoms with Crippen LogP contribution in [0.25, 0.3) is 0 Å². The van der Waals surface area contributed by atoms with E-state index >= 15 is 0 Å². The number of carbonyl (C=O) groups is 1. The molecule has 2 heterocycles. The van der Waals surface area contributed by atoms with E-state index in [0.717, 1.165) is 18.5 Å². The SMILES string of the molecule is O=C(Nc1cccc(Cl)c1)N1CCC2(CC1)OCc1ccccc12. The van der Waals surface area contributed by atoms with Gasteiger partial charge in [-0.15, -0.1) is 0 Å². The van der Waals surface area contributed by atoms with Crippen LogP contribution in [-0.4, -0.2) is 24.0 Å². The Hall–Kier alpha value is -2.04. The van der Waals surface area contributed by atoms with E-state index in [9.17, 15) is 4.79 Å². The molecule has 4 nitrogen and oxygen atoms in total. The number of likely N-dealkylation sites (tertiary alicyclic amines) is 1. The van der Waals surface area contributed by atoms with E-state index in [-0.39, 0.29) is 11.6 Å². The van der Waals surface area contributed by atoms with E-state index in [4.69, 9.17) is 16.3 Å². The second kappa shape index (κ2) is 6.11. The van der Waals surface area contributed by atoms with Gasteiger partial charge in [0.05, 0.1) is 12.2 Å². The van der Waals surface area contributed by atoms with Crippen molar-refractivity contribution in [3.8, 4) is 0 Å². The van der Waals surface area contributed by atoms with Crippen molar-refractivity contribution in [1.82, 2.24) is 4.90 Å². The Bertz CT molecular complexity index is 769. The maximum atomic E-state index is 12.5. The standard InChI is InChI=1S/C19H19ClN2O2/c20-15-5-3-6-16(12-15)21-18(23)22-10-8-19(9-11-22)17-7-2-1-4-14(17)13-24-19/h1-7,12H,8-11,13H2,(H,21,23). The van der Waals surface area contributed by atoms with Crippen LogP contribution in [0.1, 0.15) is 24.0 Å². The van der Waals surface area contributed by atoms with Crippen molar-refractivity contribution >= 4 is 23.3 Å². The van der Waals surface area contributed by atoms with E-state index in [0.29, 0.717) is 24.7 Å². The number of hydrogen-bond acceptors (Lipinski definition) is 2. The summed E-state index contributed by atoms with van der Waals surface area (Å²) in [5.41, 5.74) is 3.06. The molecule has 124 valence electrons. The first kappa shape index (κ1) is 15.5. The van der Waals surface area contributed by atoms with Gasteiger partial charge in [-0.05, 0) is 42.2 Å². The molecule has 2 amide bonds. The molecule has 4 rings (SSSR count). The molecule has 1 N–H and O–H groups in total. The van der Waals surface area contributed by atoms with Crippen LogP contribution < -0.4 is 5.32 Å². The van der Waals surface area contributed by atoms with E-state index < -0.39 is 0 Å². The summed E-state index contributed by atoms with van der Waals surface area (Å²) in [7, 11) is 0. The third-order valence-electron chi connectivity index (χ3n) is 4.95. The summed E-state index contributed by atoms with van der Waals surface area (Å²) in [5, 5.41) is 3.52. The number of nitrogens with one attached hydrogen (secondary N) is 1. The van der Waals surface area contributed by atoms with E-state index in [2.05, 4.69) is 29.6 Å². The molecule has 0 bridgehead atoms. The van der Waals surface area contributed by atoms with Gasteiger partial charge < -0.3 is 15.0 Å². The molecule has 0 atom stereocenters. The maximum absolute atomic E-state index is 12.5. The lowest BCUT2D eigenvalue weighted by Crippen LogP contribution is -2.46. The quantitative estimate of drug-likeness (QED) is 0.834. The number of benzene rings is 2. The lowest BCUT2D eigenvalue weighted by Gasteiger charge is -2.39. The molecule has 0 aromatic heterocycles. The fourth-order valence-corrected chi connectivity index (χ4v) is 3.83. The van der Waals surface area contributed by atoms with Crippen molar-refractivity contribution in [2.24, 2.45) is 0 Å². The first-order valence-electron chi connectivity index (χ1n) is 8.20. The number of ether oxygens (including phenoxy) is 1. The third-order valence-corrected chi connectivity index (χ3v) is 5.18. The average Bonchev–Trinajstić information content (AvgIpc) is 2.94. The largest absolute Gasteiger partial charge is 0.365 e. The van der Waals surface area contributed by atoms with Gasteiger partial charge in [0.15, 0.2) is 0 Å². The van der Waals surface area contributed by atoms with E-state index in [1.807, 2.05) is 17.0 Å². The van der Waals surface area contributed by atoms with Crippen LogP contribution in [0.2, 0.25) is 5.02 Å². The molecular weight excluding hydrogens is 324 g/mol. The lowest BCUT2D eigenvalue weighted by molar-refractivity contribution is -0.0722. The predicted octanol–water partition coefficient (Wildman–Crippen LogP) is 4.39. The van der Waals surface area contributed by atoms with Crippen LogP contribution >= 0.6 is 11.6 Å². The minimum absolute atomic E-state index is 0.0848. The molecule has 24 heavy (non-hydrogen) atoms. The van der Waals surface area contributed by atoms with Gasteiger partial charge in [0.25, 0.3) is 0 Å². The number of fused-ring (bicyclic) bond motifs is 2. The van der Waals surface area contributed by atoms with Crippen LogP contribution in [0.3, 0.4) is 0 Å². The maximum Gasteiger partial charge on any atom is 0.321 e. The van der Waals surface area contributed by atoms with Crippen molar-refractivity contribution in [2.45, 2.75) is 25.0 Å². The molecule has 0 radical (unpaired) electrons. The Morgan fingerprint density at radius 3 is 2.71 bits per heavy atom. The molecule has 2 aromatic rings. The van der Waals surface area contributed by atoms with E-state index in [1.54, 1.807) is 12.1 Å². The molecule has 5 heteroatoms. The minimum atomic E-state index is -0.219. The number of hydrogen-bond donors (Lipinski definition) is 1. The number of amides is 2. The normalized spacial score (nSPS) is 18.5. The van der Waals surface area contributed by atoms with Crippen LogP contribution in [0, 0.1) is 0 Å². The molecule has 2 aromatic carbocycles. The summed E-state index contributed by atoms with van der Waals surface area (Å²) >= 11 is 5.96. The van der Waals surface area contributed by atoms with Crippen LogP contribution in [-0.2, 0) is 16.9 Å². The van der Waals surface area contributed by atoms with Crippen molar-refractivity contribution in [2.75, 3.05) is 18.4 Å². The molecular formula is C19H19ClN2O2. The summed E-state index contributed by atoms with van der Waals surface area (Å²) in [6.45, 7) is 2.03. The smallest absolute Gasteiger partial charge is 0.321 e. The number of carbonyl (C=O) groups excluding carboxylic acids is 1. The van der Waals surface area contributed by atoms with Crippen LogP contribution in [0.5, 0.6) is 0 Å². The van der Waals surface area contributed by atoms with Crippen molar-refractivity contribution < 1.29 is 9.53 Å². The zero-order chi connectivity index (χ0) is 16.6. The number of nitrogens with zero attached hydrogens (tertiary/aromatic N) is 1. The third kappa shape index (κ3) is 2.76. The summed E-state index contributed by atoms with van der Waals surface area (Å²) in [6, 6.07) is 15.5. The Kier molecular flexibility index (Phi) is 3.94. The highest BCUT2D eigenvalue weighted by Gasteiger charge is 2.43. The minimum Gasteiger partial charge on any atom is -0.365 e. The van der Waals surface area contributed by atoms with E-state index in [1.165, 1.54) is 11.1 Å². The average molecular weight is 343 g/mol. The van der Waals surface area contributed by atoms with Gasteiger partial charge >= 0.3 is 6.03 Å². The van der Waals surface area contributed by atoms with Crippen molar-refractivity contribution in [3.63, 3.8) is 0 Å². The topological polar surface area (TPSA) is 41.6 Å². The molecule has 1 fully saturated rings. The first-order chi connectivity index (χ1) is 11.7. The summed E-state index contributed by atoms with van der Waals surface area (Å²) in [5.74, 6) is 0. The van der Waals surface area contributed by atoms with Gasteiger partial charge in [0.2, 0.25) is 0 Å². The summed E-state index contributed by atoms with van der Waals surface area (Å²) in [6.07, 6.45) is 1.65. The Balaban J connectivity index is 1.42. The Labute approximate surface area is 146 Å². The molecule has 0 unspecified atom stereocenters. The van der Waals surface area contributed by atoms with Crippen LogP contribution in [0.15, 0.2) is 48.5 Å². The summed E-state index contributed by atoms with van der Waals surface area (Å²) in [4.78, 5) is 14.3. The number of halogens is 1. The fourth-order valence-electron chi connectivity index (χ4n) is 3.64. The van der Waals surface area contributed by atoms with Gasteiger partial charge in [-0.2, -0.15) is 0 Å². The van der Waals surface area contributed by atoms with Gasteiger partial charge in [0, 0.05) is 23.8 Å². The monoisotopic (exact) mass is 342 g/mol. The van der Waals surface area contributed by atoms with Gasteiger partial charge in [-0.25, -0.2) is 4.79 Å². The molecule has 2 aliphatic heterocycles. The number of urea groups is 1. The number of rotatable bonds is 1. The highest BCUT2D eigenvalue weighted by atomic mass is 35.5. The zero-order valence-electron chi connectivity index (χ0n) is 13.3. The predicted molar refractivity (Wildman–Crippen MR) is 94.2 cm³/mol. The summed E-state index contributed by atoms with van der Waals surface area (Å²) < 4.78 is 6.14. The molecule has 1 saturated heterocycles. The molecule has 0 aliphatic carbocycles. The highest BCUT2D eigenvalue weighted by Crippen LogP contribution is 2.43. The highest BCUT2D eigenvalue weighted by molar-refractivity contribution is 6.30. The Morgan fingerprint density at radius 2 is 1.92 bits per heavy atom. The number of piperidine rings is 1. The van der Waals surface area contributed by atoms with Gasteiger partial charge in [-0.1, -0.05) is 41.9 Å². The number of anilines is 1. The second-order valence-electron chi connectivity index (χ2n) is 6.37. The second-order valence-corrected chi connectivity index (χ2v) is 6.80. The first-order valence-corrected chi connectivity index (χ1v) is 8.58. The van der Waals surface area contributed by atoms with Crippen molar-refractivity contribution in [3.05, 3.63) is 64.7 Å². The Morgan fingerprint density at radius 1 is 1.12 bits per heavy atom. The van der Waals surface area contributed by atoms with Gasteiger partial charge in [-0.3, -0.25) is 0 Å². The fraction of sp³-hybridized carbons (Fsp3) is 0.316. The molecule has 1 spiro atoms. The van der Waals surface area contributed by atoms with Crippen LogP contribution in [0.4, 0.5) is 10.5 Å². The van der Waals surface area contributed by atoms with Crippen molar-refractivity contribution in [1.29, 1.82) is 0 Å². The molecule has 2 aliphatic rings. The zero-order valence-corrected chi connectivity index (χ0v) is 14.1. The molecule has 0 saturated carbocycles. The van der Waals surface area contributed by atoms with Gasteiger partial charge in [0.1, 0.15) is 0 Å². The lowest BCUT2D eigenvalue weighted by atomic mass is 9.84.